The first-order chi connectivity index (χ1) is 9.15. The molecule has 1 aromatic rings. The monoisotopic (exact) mass is 264 g/mol. The molecule has 0 atom stereocenters. The molecule has 0 spiro atoms. The molecular formula is C17H30NO+. The van der Waals surface area contributed by atoms with Crippen molar-refractivity contribution in [3.63, 3.8) is 0 Å². The van der Waals surface area contributed by atoms with Crippen LogP contribution in [0.4, 0.5) is 0 Å². The van der Waals surface area contributed by atoms with E-state index in [1.807, 2.05) is 6.07 Å². The molecule has 0 radical (unpaired) electrons. The number of aryl methyl sites for hydroxylation is 1. The van der Waals surface area contributed by atoms with Crippen molar-refractivity contribution in [2.45, 2.75) is 40.5 Å². The Labute approximate surface area is 119 Å². The first-order valence-electron chi connectivity index (χ1n) is 7.70. The third-order valence-electron chi connectivity index (χ3n) is 4.30. The van der Waals surface area contributed by atoms with Gasteiger partial charge in [-0.05, 0) is 58.2 Å². The second-order valence-corrected chi connectivity index (χ2v) is 5.39. The van der Waals surface area contributed by atoms with E-state index in [9.17, 15) is 0 Å². The van der Waals surface area contributed by atoms with Crippen LogP contribution in [0.1, 0.15) is 39.2 Å². The molecule has 0 aliphatic carbocycles. The maximum atomic E-state index is 5.80. The van der Waals surface area contributed by atoms with Crippen LogP contribution in [0.2, 0.25) is 0 Å². The summed E-state index contributed by atoms with van der Waals surface area (Å²) in [7, 11) is 0. The van der Waals surface area contributed by atoms with Crippen molar-refractivity contribution >= 4 is 0 Å². The van der Waals surface area contributed by atoms with Crippen LogP contribution in [0.15, 0.2) is 24.3 Å². The standard InChI is InChI=1S/C17H30NO/c1-5-18(6-2,7-3)13-8-9-14-19-17-12-10-11-16(4)15-17/h10-12,15H,5-9,13-14H2,1-4H3/q+1. The zero-order valence-electron chi connectivity index (χ0n) is 13.1. The summed E-state index contributed by atoms with van der Waals surface area (Å²) in [5.74, 6) is 1.00. The minimum absolute atomic E-state index is 0.834. The van der Waals surface area contributed by atoms with Crippen molar-refractivity contribution in [1.29, 1.82) is 0 Å². The molecule has 19 heavy (non-hydrogen) atoms. The molecule has 2 nitrogen and oxygen atoms in total. The van der Waals surface area contributed by atoms with Crippen molar-refractivity contribution in [2.75, 3.05) is 32.8 Å². The lowest BCUT2D eigenvalue weighted by Gasteiger charge is -2.35. The van der Waals surface area contributed by atoms with Crippen LogP contribution in [0.25, 0.3) is 0 Å². The quantitative estimate of drug-likeness (QED) is 0.483. The van der Waals surface area contributed by atoms with E-state index in [1.54, 1.807) is 0 Å². The van der Waals surface area contributed by atoms with Crippen LogP contribution in [-0.2, 0) is 0 Å². The van der Waals surface area contributed by atoms with Gasteiger partial charge in [0.15, 0.2) is 0 Å². The van der Waals surface area contributed by atoms with Gasteiger partial charge in [-0.3, -0.25) is 0 Å². The Morgan fingerprint density at radius 2 is 1.68 bits per heavy atom. The normalized spacial score (nSPS) is 11.6. The summed E-state index contributed by atoms with van der Waals surface area (Å²) in [6.45, 7) is 14.8. The topological polar surface area (TPSA) is 9.23 Å². The van der Waals surface area contributed by atoms with Crippen LogP contribution in [0.5, 0.6) is 5.75 Å². The van der Waals surface area contributed by atoms with Gasteiger partial charge in [-0.25, -0.2) is 0 Å². The van der Waals surface area contributed by atoms with Gasteiger partial charge in [0.2, 0.25) is 0 Å². The van der Waals surface area contributed by atoms with Gasteiger partial charge >= 0.3 is 0 Å². The summed E-state index contributed by atoms with van der Waals surface area (Å²) in [6.07, 6.45) is 2.40. The molecule has 0 amide bonds. The fourth-order valence-electron chi connectivity index (χ4n) is 2.59. The zero-order valence-corrected chi connectivity index (χ0v) is 13.1. The zero-order chi connectivity index (χ0) is 14.1. The summed E-state index contributed by atoms with van der Waals surface area (Å²) >= 11 is 0. The maximum absolute atomic E-state index is 5.80. The number of benzene rings is 1. The minimum Gasteiger partial charge on any atom is -0.494 e. The van der Waals surface area contributed by atoms with Crippen LogP contribution in [-0.4, -0.2) is 37.3 Å². The number of quaternary nitrogens is 1. The van der Waals surface area contributed by atoms with Crippen LogP contribution >= 0.6 is 0 Å². The predicted octanol–water partition coefficient (Wildman–Crippen LogP) is 4.03. The van der Waals surface area contributed by atoms with Crippen LogP contribution in [0.3, 0.4) is 0 Å². The van der Waals surface area contributed by atoms with E-state index >= 15 is 0 Å². The molecule has 0 bridgehead atoms. The third kappa shape index (κ3) is 5.23. The molecule has 0 saturated heterocycles. The Kier molecular flexibility index (Phi) is 6.93. The number of ether oxygens (including phenoxy) is 1. The lowest BCUT2D eigenvalue weighted by Crippen LogP contribution is -2.48. The van der Waals surface area contributed by atoms with Gasteiger partial charge in [0, 0.05) is 0 Å². The first-order valence-corrected chi connectivity index (χ1v) is 7.70. The summed E-state index contributed by atoms with van der Waals surface area (Å²) in [6, 6.07) is 8.29. The molecular weight excluding hydrogens is 234 g/mol. The maximum Gasteiger partial charge on any atom is 0.119 e. The van der Waals surface area contributed by atoms with E-state index in [2.05, 4.69) is 45.9 Å². The van der Waals surface area contributed by atoms with E-state index in [0.29, 0.717) is 0 Å². The Bertz CT molecular complexity index is 350. The highest BCUT2D eigenvalue weighted by atomic mass is 16.5. The van der Waals surface area contributed by atoms with Gasteiger partial charge < -0.3 is 9.22 Å². The molecule has 0 aliphatic heterocycles. The van der Waals surface area contributed by atoms with Crippen molar-refractivity contribution < 1.29 is 9.22 Å². The van der Waals surface area contributed by atoms with Crippen LogP contribution in [0, 0.1) is 6.92 Å². The van der Waals surface area contributed by atoms with Gasteiger partial charge in [-0.1, -0.05) is 12.1 Å². The fraction of sp³-hybridized carbons (Fsp3) is 0.647. The van der Waals surface area contributed by atoms with E-state index in [0.717, 1.165) is 18.8 Å². The van der Waals surface area contributed by atoms with Crippen molar-refractivity contribution in [3.05, 3.63) is 29.8 Å². The number of hydrogen-bond acceptors (Lipinski definition) is 1. The summed E-state index contributed by atoms with van der Waals surface area (Å²) < 4.78 is 7.04. The van der Waals surface area contributed by atoms with E-state index in [-0.39, 0.29) is 0 Å². The molecule has 0 saturated carbocycles. The number of nitrogens with zero attached hydrogens (tertiary/aromatic N) is 1. The lowest BCUT2D eigenvalue weighted by molar-refractivity contribution is -0.923. The first kappa shape index (κ1) is 16.0. The van der Waals surface area contributed by atoms with E-state index in [1.165, 1.54) is 42.6 Å². The molecule has 0 heterocycles. The highest BCUT2D eigenvalue weighted by Crippen LogP contribution is 2.13. The van der Waals surface area contributed by atoms with Crippen molar-refractivity contribution in [3.8, 4) is 5.75 Å². The van der Waals surface area contributed by atoms with Crippen LogP contribution < -0.4 is 4.74 Å². The molecule has 1 rings (SSSR count). The molecule has 0 aromatic heterocycles. The Balaban J connectivity index is 2.24. The van der Waals surface area contributed by atoms with Gasteiger partial charge in [0.05, 0.1) is 32.8 Å². The largest absolute Gasteiger partial charge is 0.494 e. The number of hydrogen-bond donors (Lipinski definition) is 0. The number of unbranched alkanes of at least 4 members (excludes halogenated alkanes) is 1. The molecule has 0 unspecified atom stereocenters. The minimum atomic E-state index is 0.834. The van der Waals surface area contributed by atoms with E-state index < -0.39 is 0 Å². The fourth-order valence-corrected chi connectivity index (χ4v) is 2.59. The molecule has 0 N–H and O–H groups in total. The predicted molar refractivity (Wildman–Crippen MR) is 82.7 cm³/mol. The summed E-state index contributed by atoms with van der Waals surface area (Å²) in [4.78, 5) is 0. The highest BCUT2D eigenvalue weighted by molar-refractivity contribution is 5.27. The summed E-state index contributed by atoms with van der Waals surface area (Å²) in [5, 5.41) is 0. The Morgan fingerprint density at radius 1 is 1.00 bits per heavy atom. The summed E-state index contributed by atoms with van der Waals surface area (Å²) in [5.41, 5.74) is 1.26. The lowest BCUT2D eigenvalue weighted by atomic mass is 10.2. The second-order valence-electron chi connectivity index (χ2n) is 5.39. The van der Waals surface area contributed by atoms with Crippen molar-refractivity contribution in [1.82, 2.24) is 0 Å². The number of rotatable bonds is 9. The highest BCUT2D eigenvalue weighted by Gasteiger charge is 2.19. The van der Waals surface area contributed by atoms with Gasteiger partial charge in [0.25, 0.3) is 0 Å². The van der Waals surface area contributed by atoms with E-state index in [4.69, 9.17) is 4.74 Å². The van der Waals surface area contributed by atoms with Gasteiger partial charge in [-0.2, -0.15) is 0 Å². The average Bonchev–Trinajstić information content (AvgIpc) is 2.44. The van der Waals surface area contributed by atoms with Gasteiger partial charge in [-0.15, -0.1) is 0 Å². The second kappa shape index (κ2) is 8.21. The van der Waals surface area contributed by atoms with Gasteiger partial charge in [0.1, 0.15) is 5.75 Å². The molecule has 0 aliphatic rings. The third-order valence-corrected chi connectivity index (χ3v) is 4.30. The molecule has 0 fully saturated rings. The Hall–Kier alpha value is -1.02. The average molecular weight is 264 g/mol. The molecule has 108 valence electrons. The molecule has 2 heteroatoms. The van der Waals surface area contributed by atoms with Crippen molar-refractivity contribution in [2.24, 2.45) is 0 Å². The molecule has 1 aromatic carbocycles. The SMILES string of the molecule is CC[N+](CC)(CC)CCCCOc1cccc(C)c1. The smallest absolute Gasteiger partial charge is 0.119 e. The Morgan fingerprint density at radius 3 is 2.26 bits per heavy atom.